The van der Waals surface area contributed by atoms with Crippen molar-refractivity contribution in [1.82, 2.24) is 10.2 Å². The fourth-order valence-corrected chi connectivity index (χ4v) is 2.25. The molecule has 6 heteroatoms. The molecule has 0 atom stereocenters. The summed E-state index contributed by atoms with van der Waals surface area (Å²) < 4.78 is 13.1. The zero-order valence-corrected chi connectivity index (χ0v) is 13.3. The standard InChI is InChI=1S/C17H16ClFN2O2/c1-21(11-12-5-4-6-13(19)9-12)16(22)10-20-17(23)14-7-2-3-8-15(14)18/h2-9H,10-11H2,1H3,(H,20,23). The van der Waals surface area contributed by atoms with E-state index in [1.165, 1.54) is 17.0 Å². The predicted molar refractivity (Wildman–Crippen MR) is 86.7 cm³/mol. The van der Waals surface area contributed by atoms with E-state index in [4.69, 9.17) is 11.6 Å². The van der Waals surface area contributed by atoms with E-state index in [0.29, 0.717) is 16.1 Å². The summed E-state index contributed by atoms with van der Waals surface area (Å²) in [7, 11) is 1.59. The molecule has 2 aromatic rings. The third-order valence-electron chi connectivity index (χ3n) is 3.25. The summed E-state index contributed by atoms with van der Waals surface area (Å²) in [5.74, 6) is -1.05. The predicted octanol–water partition coefficient (Wildman–Crippen LogP) is 2.87. The molecule has 0 aliphatic rings. The van der Waals surface area contributed by atoms with Gasteiger partial charge in [-0.2, -0.15) is 0 Å². The molecule has 2 aromatic carbocycles. The number of nitrogens with one attached hydrogen (secondary N) is 1. The van der Waals surface area contributed by atoms with E-state index < -0.39 is 5.91 Å². The van der Waals surface area contributed by atoms with Crippen LogP contribution in [0.3, 0.4) is 0 Å². The van der Waals surface area contributed by atoms with Gasteiger partial charge in [-0.15, -0.1) is 0 Å². The Kier molecular flexibility index (Phi) is 5.71. The monoisotopic (exact) mass is 334 g/mol. The summed E-state index contributed by atoms with van der Waals surface area (Å²) in [6.45, 7) is 0.106. The zero-order chi connectivity index (χ0) is 16.8. The van der Waals surface area contributed by atoms with Gasteiger partial charge in [0.1, 0.15) is 5.82 Å². The van der Waals surface area contributed by atoms with Gasteiger partial charge in [-0.05, 0) is 29.8 Å². The smallest absolute Gasteiger partial charge is 0.253 e. The van der Waals surface area contributed by atoms with E-state index in [9.17, 15) is 14.0 Å². The minimum absolute atomic E-state index is 0.157. The Labute approximate surface area is 138 Å². The van der Waals surface area contributed by atoms with E-state index in [0.717, 1.165) is 0 Å². The normalized spacial score (nSPS) is 10.2. The average Bonchev–Trinajstić information content (AvgIpc) is 2.52. The lowest BCUT2D eigenvalue weighted by Gasteiger charge is -2.17. The summed E-state index contributed by atoms with van der Waals surface area (Å²) in [4.78, 5) is 25.4. The van der Waals surface area contributed by atoms with Crippen LogP contribution in [-0.4, -0.2) is 30.3 Å². The molecule has 1 N–H and O–H groups in total. The van der Waals surface area contributed by atoms with Crippen LogP contribution >= 0.6 is 11.6 Å². The number of nitrogens with zero attached hydrogens (tertiary/aromatic N) is 1. The number of carbonyl (C=O) groups is 2. The quantitative estimate of drug-likeness (QED) is 0.914. The van der Waals surface area contributed by atoms with E-state index >= 15 is 0 Å². The lowest BCUT2D eigenvalue weighted by atomic mass is 10.2. The maximum atomic E-state index is 13.1. The summed E-state index contributed by atoms with van der Waals surface area (Å²) in [6, 6.07) is 12.6. The largest absolute Gasteiger partial charge is 0.343 e. The van der Waals surface area contributed by atoms with Crippen molar-refractivity contribution in [2.75, 3.05) is 13.6 Å². The molecule has 2 amide bonds. The Morgan fingerprint density at radius 3 is 2.61 bits per heavy atom. The highest BCUT2D eigenvalue weighted by molar-refractivity contribution is 6.33. The minimum Gasteiger partial charge on any atom is -0.343 e. The van der Waals surface area contributed by atoms with Crippen LogP contribution in [-0.2, 0) is 11.3 Å². The van der Waals surface area contributed by atoms with Crippen LogP contribution in [0.2, 0.25) is 5.02 Å². The molecule has 2 rings (SSSR count). The lowest BCUT2D eigenvalue weighted by molar-refractivity contribution is -0.129. The maximum absolute atomic E-state index is 13.1. The lowest BCUT2D eigenvalue weighted by Crippen LogP contribution is -2.37. The first-order chi connectivity index (χ1) is 11.0. The number of likely N-dealkylation sites (N-methyl/N-ethyl adjacent to an activating group) is 1. The van der Waals surface area contributed by atoms with Gasteiger partial charge in [0.15, 0.2) is 0 Å². The van der Waals surface area contributed by atoms with E-state index in [1.807, 2.05) is 0 Å². The zero-order valence-electron chi connectivity index (χ0n) is 12.6. The number of hydrogen-bond acceptors (Lipinski definition) is 2. The molecule has 4 nitrogen and oxygen atoms in total. The van der Waals surface area contributed by atoms with Gasteiger partial charge in [-0.3, -0.25) is 9.59 Å². The Morgan fingerprint density at radius 1 is 1.17 bits per heavy atom. The fourth-order valence-electron chi connectivity index (χ4n) is 2.03. The molecule has 0 spiro atoms. The third kappa shape index (κ3) is 4.79. The van der Waals surface area contributed by atoms with Crippen LogP contribution in [0, 0.1) is 5.82 Å². The highest BCUT2D eigenvalue weighted by Crippen LogP contribution is 2.14. The van der Waals surface area contributed by atoms with Gasteiger partial charge >= 0.3 is 0 Å². The van der Waals surface area contributed by atoms with Gasteiger partial charge in [0.05, 0.1) is 17.1 Å². The summed E-state index contributed by atoms with van der Waals surface area (Å²) >= 11 is 5.93. The first-order valence-electron chi connectivity index (χ1n) is 6.98. The topological polar surface area (TPSA) is 49.4 Å². The molecule has 0 saturated heterocycles. The van der Waals surface area contributed by atoms with Crippen molar-refractivity contribution in [2.45, 2.75) is 6.54 Å². The number of hydrogen-bond donors (Lipinski definition) is 1. The second kappa shape index (κ2) is 7.74. The third-order valence-corrected chi connectivity index (χ3v) is 3.58. The number of rotatable bonds is 5. The van der Waals surface area contributed by atoms with E-state index in [2.05, 4.69) is 5.32 Å². The molecule has 0 unspecified atom stereocenters. The van der Waals surface area contributed by atoms with Gasteiger partial charge in [-0.1, -0.05) is 35.9 Å². The molecule has 0 fully saturated rings. The van der Waals surface area contributed by atoms with Gasteiger partial charge in [0, 0.05) is 13.6 Å². The van der Waals surface area contributed by atoms with Crippen LogP contribution in [0.25, 0.3) is 0 Å². The Balaban J connectivity index is 1.89. The first kappa shape index (κ1) is 17.0. The van der Waals surface area contributed by atoms with Gasteiger partial charge in [-0.25, -0.2) is 4.39 Å². The minimum atomic E-state index is -0.414. The number of halogens is 2. The first-order valence-corrected chi connectivity index (χ1v) is 7.36. The molecule has 23 heavy (non-hydrogen) atoms. The Bertz CT molecular complexity index is 721. The molecule has 0 saturated carbocycles. The highest BCUT2D eigenvalue weighted by Gasteiger charge is 2.14. The molecule has 0 aliphatic heterocycles. The second-order valence-electron chi connectivity index (χ2n) is 5.04. The molecule has 0 heterocycles. The van der Waals surface area contributed by atoms with Gasteiger partial charge in [0.2, 0.25) is 5.91 Å². The summed E-state index contributed by atoms with van der Waals surface area (Å²) in [5, 5.41) is 2.85. The summed E-state index contributed by atoms with van der Waals surface area (Å²) in [6.07, 6.45) is 0. The molecular weight excluding hydrogens is 319 g/mol. The molecule has 0 aromatic heterocycles. The van der Waals surface area contributed by atoms with Crippen molar-refractivity contribution in [3.63, 3.8) is 0 Å². The highest BCUT2D eigenvalue weighted by atomic mass is 35.5. The molecule has 0 aliphatic carbocycles. The summed E-state index contributed by atoms with van der Waals surface area (Å²) in [5.41, 5.74) is 0.994. The van der Waals surface area contributed by atoms with Crippen LogP contribution in [0.15, 0.2) is 48.5 Å². The van der Waals surface area contributed by atoms with Crippen molar-refractivity contribution in [3.8, 4) is 0 Å². The average molecular weight is 335 g/mol. The SMILES string of the molecule is CN(Cc1cccc(F)c1)C(=O)CNC(=O)c1ccccc1Cl. The van der Waals surface area contributed by atoms with Crippen molar-refractivity contribution in [2.24, 2.45) is 0 Å². The number of benzene rings is 2. The van der Waals surface area contributed by atoms with Crippen molar-refractivity contribution in [1.29, 1.82) is 0 Å². The van der Waals surface area contributed by atoms with Gasteiger partial charge < -0.3 is 10.2 Å². The molecule has 120 valence electrons. The second-order valence-corrected chi connectivity index (χ2v) is 5.45. The molecular formula is C17H16ClFN2O2. The van der Waals surface area contributed by atoms with Crippen molar-refractivity contribution >= 4 is 23.4 Å². The number of carbonyl (C=O) groups excluding carboxylic acids is 2. The number of amides is 2. The van der Waals surface area contributed by atoms with Crippen molar-refractivity contribution in [3.05, 3.63) is 70.5 Å². The van der Waals surface area contributed by atoms with E-state index in [1.54, 1.807) is 43.4 Å². The van der Waals surface area contributed by atoms with Crippen LogP contribution in [0.1, 0.15) is 15.9 Å². The van der Waals surface area contributed by atoms with Crippen LogP contribution in [0.4, 0.5) is 4.39 Å². The molecule has 0 bridgehead atoms. The van der Waals surface area contributed by atoms with Crippen molar-refractivity contribution < 1.29 is 14.0 Å². The Morgan fingerprint density at radius 2 is 1.91 bits per heavy atom. The maximum Gasteiger partial charge on any atom is 0.253 e. The Hall–Kier alpha value is -2.40. The fraction of sp³-hybridized carbons (Fsp3) is 0.176. The van der Waals surface area contributed by atoms with Gasteiger partial charge in [0.25, 0.3) is 5.91 Å². The molecule has 0 radical (unpaired) electrons. The van der Waals surface area contributed by atoms with E-state index in [-0.39, 0.29) is 24.8 Å². The van der Waals surface area contributed by atoms with Crippen LogP contribution < -0.4 is 5.32 Å². The van der Waals surface area contributed by atoms with Crippen LogP contribution in [0.5, 0.6) is 0 Å².